The summed E-state index contributed by atoms with van der Waals surface area (Å²) < 4.78 is 5.07. The molecular weight excluding hydrogens is 234 g/mol. The average Bonchev–Trinajstić information content (AvgIpc) is 2.99. The van der Waals surface area contributed by atoms with Crippen LogP contribution in [-0.4, -0.2) is 30.3 Å². The number of nitrogens with two attached hydrogens (primary N) is 1. The summed E-state index contributed by atoms with van der Waals surface area (Å²) in [6.07, 6.45) is 4.01. The Kier molecular flexibility index (Phi) is 2.45. The maximum Gasteiger partial charge on any atom is 0.295 e. The number of anilines is 1. The van der Waals surface area contributed by atoms with E-state index in [4.69, 9.17) is 10.3 Å². The Morgan fingerprint density at radius 3 is 3.00 bits per heavy atom. The monoisotopic (exact) mass is 243 g/mol. The summed E-state index contributed by atoms with van der Waals surface area (Å²) in [6.45, 7) is 0. The molecule has 0 amide bonds. The van der Waals surface area contributed by atoms with E-state index in [0.717, 1.165) is 5.56 Å². The number of nitrogens with zero attached hydrogens (tertiary/aromatic N) is 5. The molecule has 18 heavy (non-hydrogen) atoms. The predicted molar refractivity (Wildman–Crippen MR) is 61.1 cm³/mol. The van der Waals surface area contributed by atoms with E-state index in [-0.39, 0.29) is 11.8 Å². The van der Waals surface area contributed by atoms with Gasteiger partial charge in [-0.25, -0.2) is 0 Å². The van der Waals surface area contributed by atoms with Crippen LogP contribution in [0.3, 0.4) is 0 Å². The van der Waals surface area contributed by atoms with Crippen molar-refractivity contribution >= 4 is 5.95 Å². The van der Waals surface area contributed by atoms with Gasteiger partial charge >= 0.3 is 0 Å². The number of hydrogen-bond acceptors (Lipinski definition) is 7. The molecule has 3 aromatic rings. The van der Waals surface area contributed by atoms with Crippen LogP contribution in [0.15, 0.2) is 29.0 Å². The predicted octanol–water partition coefficient (Wildman–Crippen LogP) is 0.423. The third-order valence-electron chi connectivity index (χ3n) is 2.26. The molecule has 3 heterocycles. The molecule has 0 saturated carbocycles. The Hall–Kier alpha value is -2.77. The molecule has 0 unspecified atom stereocenters. The quantitative estimate of drug-likeness (QED) is 0.684. The van der Waals surface area contributed by atoms with Gasteiger partial charge in [-0.15, -0.1) is 5.10 Å². The summed E-state index contributed by atoms with van der Waals surface area (Å²) in [5.74, 6) is 1.31. The van der Waals surface area contributed by atoms with Crippen molar-refractivity contribution in [1.29, 1.82) is 0 Å². The fourth-order valence-corrected chi connectivity index (χ4v) is 1.48. The number of pyridine rings is 1. The first-order valence-electron chi connectivity index (χ1n) is 5.21. The van der Waals surface area contributed by atoms with Gasteiger partial charge in [0.25, 0.3) is 5.89 Å². The minimum atomic E-state index is 0.136. The molecule has 0 spiro atoms. The van der Waals surface area contributed by atoms with Crippen molar-refractivity contribution in [3.8, 4) is 11.7 Å². The summed E-state index contributed by atoms with van der Waals surface area (Å²) in [4.78, 5) is 12.1. The Morgan fingerprint density at radius 2 is 2.28 bits per heavy atom. The van der Waals surface area contributed by atoms with E-state index in [2.05, 4.69) is 30.3 Å². The standard InChI is InChI=1S/C10H9N7O/c11-10-14-8(15-16-10)9-13-7(17-18-9)4-6-2-1-3-12-5-6/h1-3,5H,4H2,(H3,11,14,15,16). The van der Waals surface area contributed by atoms with Crippen molar-refractivity contribution in [1.82, 2.24) is 30.3 Å². The summed E-state index contributed by atoms with van der Waals surface area (Å²) in [5.41, 5.74) is 6.40. The van der Waals surface area contributed by atoms with Crippen molar-refractivity contribution in [2.24, 2.45) is 0 Å². The van der Waals surface area contributed by atoms with E-state index in [9.17, 15) is 0 Å². The maximum atomic E-state index is 5.39. The van der Waals surface area contributed by atoms with E-state index in [1.807, 2.05) is 12.1 Å². The topological polar surface area (TPSA) is 119 Å². The highest BCUT2D eigenvalue weighted by Gasteiger charge is 2.12. The lowest BCUT2D eigenvalue weighted by molar-refractivity contribution is 0.421. The molecule has 8 nitrogen and oxygen atoms in total. The zero-order valence-electron chi connectivity index (χ0n) is 9.24. The fourth-order valence-electron chi connectivity index (χ4n) is 1.48. The van der Waals surface area contributed by atoms with Crippen molar-refractivity contribution in [3.63, 3.8) is 0 Å². The van der Waals surface area contributed by atoms with Crippen LogP contribution in [-0.2, 0) is 6.42 Å². The Bertz CT molecular complexity index is 645. The third-order valence-corrected chi connectivity index (χ3v) is 2.26. The Balaban J connectivity index is 1.82. The second-order valence-corrected chi connectivity index (χ2v) is 3.60. The van der Waals surface area contributed by atoms with Gasteiger partial charge in [-0.3, -0.25) is 10.1 Å². The lowest BCUT2D eigenvalue weighted by atomic mass is 10.2. The van der Waals surface area contributed by atoms with Crippen molar-refractivity contribution < 1.29 is 4.52 Å². The van der Waals surface area contributed by atoms with Gasteiger partial charge in [0.1, 0.15) is 0 Å². The molecule has 0 radical (unpaired) electrons. The van der Waals surface area contributed by atoms with E-state index >= 15 is 0 Å². The number of aromatic amines is 1. The molecule has 0 fully saturated rings. The van der Waals surface area contributed by atoms with E-state index < -0.39 is 0 Å². The van der Waals surface area contributed by atoms with Crippen LogP contribution >= 0.6 is 0 Å². The first-order valence-corrected chi connectivity index (χ1v) is 5.21. The maximum absolute atomic E-state index is 5.39. The lowest BCUT2D eigenvalue weighted by Gasteiger charge is -1.93. The molecule has 0 aliphatic rings. The van der Waals surface area contributed by atoms with Gasteiger partial charge in [0.15, 0.2) is 5.82 Å². The molecule has 3 aromatic heterocycles. The number of rotatable bonds is 3. The smallest absolute Gasteiger partial charge is 0.295 e. The zero-order chi connectivity index (χ0) is 12.4. The van der Waals surface area contributed by atoms with Gasteiger partial charge in [0, 0.05) is 18.8 Å². The summed E-state index contributed by atoms with van der Waals surface area (Å²) in [6, 6.07) is 3.79. The zero-order valence-corrected chi connectivity index (χ0v) is 9.24. The molecule has 0 aromatic carbocycles. The average molecular weight is 243 g/mol. The SMILES string of the molecule is Nc1n[nH]c(-c2nc(Cc3cccnc3)no2)n1. The number of H-pyrrole nitrogens is 1. The number of hydrogen-bond donors (Lipinski definition) is 2. The van der Waals surface area contributed by atoms with Gasteiger partial charge in [-0.05, 0) is 11.6 Å². The molecule has 0 aliphatic carbocycles. The van der Waals surface area contributed by atoms with Gasteiger partial charge in [-0.1, -0.05) is 11.2 Å². The number of nitrogen functional groups attached to an aromatic ring is 1. The molecule has 8 heteroatoms. The Labute approximate surface area is 101 Å². The van der Waals surface area contributed by atoms with E-state index in [1.54, 1.807) is 12.4 Å². The van der Waals surface area contributed by atoms with Gasteiger partial charge < -0.3 is 10.3 Å². The fraction of sp³-hybridized carbons (Fsp3) is 0.100. The van der Waals surface area contributed by atoms with Gasteiger partial charge in [-0.2, -0.15) is 9.97 Å². The van der Waals surface area contributed by atoms with Crippen molar-refractivity contribution in [2.45, 2.75) is 6.42 Å². The molecule has 3 N–H and O–H groups in total. The van der Waals surface area contributed by atoms with Crippen LogP contribution in [0.4, 0.5) is 5.95 Å². The largest absolute Gasteiger partial charge is 0.366 e. The summed E-state index contributed by atoms with van der Waals surface area (Å²) >= 11 is 0. The van der Waals surface area contributed by atoms with Crippen LogP contribution in [0.1, 0.15) is 11.4 Å². The third kappa shape index (κ3) is 2.03. The highest BCUT2D eigenvalue weighted by Crippen LogP contribution is 2.13. The molecular formula is C10H9N7O. The highest BCUT2D eigenvalue weighted by molar-refractivity contribution is 5.41. The molecule has 0 bridgehead atoms. The minimum Gasteiger partial charge on any atom is -0.366 e. The van der Waals surface area contributed by atoms with Gasteiger partial charge in [0.05, 0.1) is 0 Å². The Morgan fingerprint density at radius 1 is 1.33 bits per heavy atom. The molecule has 0 atom stereocenters. The minimum absolute atomic E-state index is 0.136. The molecule has 3 rings (SSSR count). The number of aromatic nitrogens is 6. The first kappa shape index (κ1) is 10.4. The van der Waals surface area contributed by atoms with Crippen molar-refractivity contribution in [2.75, 3.05) is 5.73 Å². The molecule has 0 aliphatic heterocycles. The van der Waals surface area contributed by atoms with Crippen LogP contribution in [0.5, 0.6) is 0 Å². The second kappa shape index (κ2) is 4.24. The van der Waals surface area contributed by atoms with E-state index in [1.165, 1.54) is 0 Å². The van der Waals surface area contributed by atoms with E-state index in [0.29, 0.717) is 18.1 Å². The van der Waals surface area contributed by atoms with Crippen LogP contribution < -0.4 is 5.73 Å². The number of nitrogens with one attached hydrogen (secondary N) is 1. The van der Waals surface area contributed by atoms with Crippen molar-refractivity contribution in [3.05, 3.63) is 35.9 Å². The highest BCUT2D eigenvalue weighted by atomic mass is 16.5. The summed E-state index contributed by atoms with van der Waals surface area (Å²) in [7, 11) is 0. The molecule has 0 saturated heterocycles. The molecule has 90 valence electrons. The normalized spacial score (nSPS) is 10.7. The van der Waals surface area contributed by atoms with Crippen LogP contribution in [0.25, 0.3) is 11.7 Å². The summed E-state index contributed by atoms with van der Waals surface area (Å²) in [5, 5.41) is 10.1. The van der Waals surface area contributed by atoms with Gasteiger partial charge in [0.2, 0.25) is 11.8 Å². The van der Waals surface area contributed by atoms with Crippen LogP contribution in [0.2, 0.25) is 0 Å². The van der Waals surface area contributed by atoms with Crippen LogP contribution in [0, 0.1) is 0 Å². The first-order chi connectivity index (χ1) is 8.81. The second-order valence-electron chi connectivity index (χ2n) is 3.60. The lowest BCUT2D eigenvalue weighted by Crippen LogP contribution is -1.91.